The van der Waals surface area contributed by atoms with Gasteiger partial charge in [-0.05, 0) is 30.9 Å². The van der Waals surface area contributed by atoms with Crippen LogP contribution in [0.1, 0.15) is 69.1 Å². The molecule has 0 radical (unpaired) electrons. The molecule has 1 aliphatic rings. The van der Waals surface area contributed by atoms with E-state index in [1.165, 1.54) is 30.7 Å². The van der Waals surface area contributed by atoms with Gasteiger partial charge in [0.1, 0.15) is 0 Å². The molecule has 2 unspecified atom stereocenters. The lowest BCUT2D eigenvalue weighted by atomic mass is 9.85. The summed E-state index contributed by atoms with van der Waals surface area (Å²) in [6.07, 6.45) is 8.74. The molecule has 0 spiro atoms. The Morgan fingerprint density at radius 1 is 1.25 bits per heavy atom. The van der Waals surface area contributed by atoms with E-state index in [0.717, 1.165) is 28.0 Å². The zero-order valence-electron chi connectivity index (χ0n) is 16.7. The Kier molecular flexibility index (Phi) is 6.11. The Bertz CT molecular complexity index is 903. The smallest absolute Gasteiger partial charge is 0.192 e. The number of rotatable bonds is 6. The molecule has 148 valence electrons. The van der Waals surface area contributed by atoms with Gasteiger partial charge in [-0.2, -0.15) is 0 Å². The van der Waals surface area contributed by atoms with Crippen molar-refractivity contribution < 1.29 is 0 Å². The second kappa shape index (κ2) is 8.74. The van der Waals surface area contributed by atoms with Crippen LogP contribution in [-0.4, -0.2) is 24.7 Å². The molecule has 0 bridgehead atoms. The summed E-state index contributed by atoms with van der Waals surface area (Å²) < 4.78 is 2.38. The molecule has 0 amide bonds. The second-order valence-electron chi connectivity index (χ2n) is 7.87. The quantitative estimate of drug-likeness (QED) is 0.466. The minimum Gasteiger partial charge on any atom is -0.299 e. The van der Waals surface area contributed by atoms with E-state index >= 15 is 0 Å². The van der Waals surface area contributed by atoms with Crippen LogP contribution in [0.5, 0.6) is 0 Å². The molecule has 0 aromatic carbocycles. The van der Waals surface area contributed by atoms with Crippen molar-refractivity contribution in [3.05, 3.63) is 40.6 Å². The lowest BCUT2D eigenvalue weighted by Gasteiger charge is -2.31. The lowest BCUT2D eigenvalue weighted by Crippen LogP contribution is -2.22. The van der Waals surface area contributed by atoms with Gasteiger partial charge in [-0.1, -0.05) is 45.4 Å². The summed E-state index contributed by atoms with van der Waals surface area (Å²) in [5.41, 5.74) is 2.17. The van der Waals surface area contributed by atoms with E-state index in [1.807, 2.05) is 12.3 Å². The summed E-state index contributed by atoms with van der Waals surface area (Å²) >= 11 is 3.50. The molecular weight excluding hydrogens is 386 g/mol. The van der Waals surface area contributed by atoms with Crippen molar-refractivity contribution in [2.45, 2.75) is 69.3 Å². The Hall–Kier alpha value is -1.73. The number of nitrogens with zero attached hydrogens (tertiary/aromatic N) is 5. The van der Waals surface area contributed by atoms with Gasteiger partial charge in [-0.15, -0.1) is 21.5 Å². The maximum atomic E-state index is 4.78. The van der Waals surface area contributed by atoms with Gasteiger partial charge in [0.2, 0.25) is 0 Å². The molecule has 1 fully saturated rings. The third kappa shape index (κ3) is 4.15. The number of hydrogen-bond acceptors (Lipinski definition) is 6. The van der Waals surface area contributed by atoms with Gasteiger partial charge in [0, 0.05) is 41.0 Å². The van der Waals surface area contributed by atoms with E-state index in [-0.39, 0.29) is 0 Å². The van der Waals surface area contributed by atoms with Crippen molar-refractivity contribution in [2.24, 2.45) is 5.92 Å². The highest BCUT2D eigenvalue weighted by molar-refractivity contribution is 7.98. The van der Waals surface area contributed by atoms with E-state index in [1.54, 1.807) is 29.3 Å². The molecule has 3 aromatic heterocycles. The van der Waals surface area contributed by atoms with Gasteiger partial charge in [-0.3, -0.25) is 9.55 Å². The SMILES string of the molecule is CC(C)c1nc(CSc2nnc(-c3cccnc3)n2C2CCCCC2C)cs1. The van der Waals surface area contributed by atoms with Crippen molar-refractivity contribution in [3.8, 4) is 11.4 Å². The van der Waals surface area contributed by atoms with Crippen LogP contribution in [-0.2, 0) is 5.75 Å². The zero-order valence-corrected chi connectivity index (χ0v) is 18.3. The maximum Gasteiger partial charge on any atom is 0.192 e. The number of aromatic nitrogens is 5. The van der Waals surface area contributed by atoms with Crippen LogP contribution in [0.3, 0.4) is 0 Å². The van der Waals surface area contributed by atoms with Crippen molar-refractivity contribution in [3.63, 3.8) is 0 Å². The van der Waals surface area contributed by atoms with Crippen LogP contribution in [0, 0.1) is 5.92 Å². The van der Waals surface area contributed by atoms with Crippen LogP contribution >= 0.6 is 23.1 Å². The largest absolute Gasteiger partial charge is 0.299 e. The summed E-state index contributed by atoms with van der Waals surface area (Å²) in [6.45, 7) is 6.74. The van der Waals surface area contributed by atoms with Crippen molar-refractivity contribution in [2.75, 3.05) is 0 Å². The number of thioether (sulfide) groups is 1. The minimum absolute atomic E-state index is 0.447. The number of pyridine rings is 1. The molecule has 5 nitrogen and oxygen atoms in total. The van der Waals surface area contributed by atoms with Crippen LogP contribution in [0.2, 0.25) is 0 Å². The summed E-state index contributed by atoms with van der Waals surface area (Å²) in [5, 5.41) is 13.5. The fourth-order valence-corrected chi connectivity index (χ4v) is 5.66. The van der Waals surface area contributed by atoms with E-state index in [4.69, 9.17) is 4.98 Å². The monoisotopic (exact) mass is 413 g/mol. The summed E-state index contributed by atoms with van der Waals surface area (Å²) in [6, 6.07) is 4.49. The second-order valence-corrected chi connectivity index (χ2v) is 9.70. The minimum atomic E-state index is 0.447. The number of hydrogen-bond donors (Lipinski definition) is 0. The molecule has 4 rings (SSSR count). The van der Waals surface area contributed by atoms with Gasteiger partial charge in [0.05, 0.1) is 10.7 Å². The predicted molar refractivity (Wildman–Crippen MR) is 116 cm³/mol. The summed E-state index contributed by atoms with van der Waals surface area (Å²) in [4.78, 5) is 9.07. The van der Waals surface area contributed by atoms with Gasteiger partial charge < -0.3 is 0 Å². The molecule has 0 N–H and O–H groups in total. The van der Waals surface area contributed by atoms with E-state index in [2.05, 4.69) is 52.0 Å². The van der Waals surface area contributed by atoms with Crippen LogP contribution in [0.4, 0.5) is 0 Å². The molecule has 1 saturated carbocycles. The zero-order chi connectivity index (χ0) is 19.5. The Morgan fingerprint density at radius 3 is 2.82 bits per heavy atom. The fraction of sp³-hybridized carbons (Fsp3) is 0.524. The summed E-state index contributed by atoms with van der Waals surface area (Å²) in [5.74, 6) is 2.88. The van der Waals surface area contributed by atoms with Gasteiger partial charge in [0.15, 0.2) is 11.0 Å². The van der Waals surface area contributed by atoms with Crippen LogP contribution in [0.15, 0.2) is 35.1 Å². The Balaban J connectivity index is 1.63. The molecule has 7 heteroatoms. The van der Waals surface area contributed by atoms with Crippen molar-refractivity contribution in [1.82, 2.24) is 24.7 Å². The van der Waals surface area contributed by atoms with Crippen LogP contribution < -0.4 is 0 Å². The standard InChI is InChI=1S/C21H27N5S2/c1-14(2)20-23-17(12-27-20)13-28-21-25-24-19(16-8-6-10-22-11-16)26(21)18-9-5-4-7-15(18)3/h6,8,10-12,14-15,18H,4-5,7,9,13H2,1-3H3. The van der Waals surface area contributed by atoms with Crippen molar-refractivity contribution >= 4 is 23.1 Å². The first kappa shape index (κ1) is 19.6. The van der Waals surface area contributed by atoms with Gasteiger partial charge in [0.25, 0.3) is 0 Å². The Labute approximate surface area is 175 Å². The fourth-order valence-electron chi connectivity index (χ4n) is 3.84. The first-order valence-corrected chi connectivity index (χ1v) is 11.9. The van der Waals surface area contributed by atoms with E-state index in [9.17, 15) is 0 Å². The molecule has 0 saturated heterocycles. The predicted octanol–water partition coefficient (Wildman–Crippen LogP) is 5.96. The van der Waals surface area contributed by atoms with Gasteiger partial charge >= 0.3 is 0 Å². The molecule has 2 atom stereocenters. The highest BCUT2D eigenvalue weighted by atomic mass is 32.2. The van der Waals surface area contributed by atoms with Crippen LogP contribution in [0.25, 0.3) is 11.4 Å². The molecule has 3 aromatic rings. The first-order valence-electron chi connectivity index (χ1n) is 10.1. The third-order valence-electron chi connectivity index (χ3n) is 5.39. The van der Waals surface area contributed by atoms with E-state index in [0.29, 0.717) is 17.9 Å². The van der Waals surface area contributed by atoms with Crippen molar-refractivity contribution in [1.29, 1.82) is 0 Å². The molecule has 28 heavy (non-hydrogen) atoms. The molecule has 0 aliphatic heterocycles. The maximum absolute atomic E-state index is 4.78. The highest BCUT2D eigenvalue weighted by Crippen LogP contribution is 2.39. The first-order chi connectivity index (χ1) is 13.6. The molecule has 1 aliphatic carbocycles. The average Bonchev–Trinajstić information content (AvgIpc) is 3.35. The number of thiazole rings is 1. The topological polar surface area (TPSA) is 56.5 Å². The third-order valence-corrected chi connectivity index (χ3v) is 7.57. The van der Waals surface area contributed by atoms with Gasteiger partial charge in [-0.25, -0.2) is 4.98 Å². The summed E-state index contributed by atoms with van der Waals surface area (Å²) in [7, 11) is 0. The molecular formula is C21H27N5S2. The lowest BCUT2D eigenvalue weighted by molar-refractivity contribution is 0.247. The highest BCUT2D eigenvalue weighted by Gasteiger charge is 2.28. The Morgan fingerprint density at radius 2 is 2.11 bits per heavy atom. The normalized spacial score (nSPS) is 20.0. The molecule has 3 heterocycles. The van der Waals surface area contributed by atoms with E-state index < -0.39 is 0 Å². The average molecular weight is 414 g/mol.